The number of benzene rings is 1. The molecule has 0 spiro atoms. The molecule has 0 saturated heterocycles. The van der Waals surface area contributed by atoms with Gasteiger partial charge in [0.25, 0.3) is 5.91 Å². The molecule has 7 heteroatoms. The van der Waals surface area contributed by atoms with Gasteiger partial charge >= 0.3 is 0 Å². The van der Waals surface area contributed by atoms with Crippen molar-refractivity contribution in [3.05, 3.63) is 52.2 Å². The van der Waals surface area contributed by atoms with Crippen LogP contribution in [0.3, 0.4) is 0 Å². The monoisotopic (exact) mass is 348 g/mol. The predicted octanol–water partition coefficient (Wildman–Crippen LogP) is 2.26. The van der Waals surface area contributed by atoms with E-state index < -0.39 is 10.0 Å². The Labute approximate surface area is 139 Å². The van der Waals surface area contributed by atoms with Gasteiger partial charge < -0.3 is 4.90 Å². The van der Waals surface area contributed by atoms with Crippen molar-refractivity contribution >= 4 is 39.0 Å². The van der Waals surface area contributed by atoms with E-state index in [9.17, 15) is 13.2 Å². The first kappa shape index (κ1) is 15.9. The summed E-state index contributed by atoms with van der Waals surface area (Å²) in [6.45, 7) is 0.561. The third kappa shape index (κ3) is 3.21. The molecule has 23 heavy (non-hydrogen) atoms. The first-order valence-electron chi connectivity index (χ1n) is 7.09. The van der Waals surface area contributed by atoms with Crippen LogP contribution in [0.1, 0.15) is 11.1 Å². The summed E-state index contributed by atoms with van der Waals surface area (Å²) in [4.78, 5) is 14.3. The fourth-order valence-corrected chi connectivity index (χ4v) is 3.93. The van der Waals surface area contributed by atoms with Gasteiger partial charge in [0, 0.05) is 18.3 Å². The molecular weight excluding hydrogens is 332 g/mol. The lowest BCUT2D eigenvalue weighted by Crippen LogP contribution is -2.26. The van der Waals surface area contributed by atoms with Gasteiger partial charge in [0.15, 0.2) is 0 Å². The molecule has 1 amide bonds. The number of nitrogens with zero attached hydrogens (tertiary/aromatic N) is 1. The molecule has 0 bridgehead atoms. The van der Waals surface area contributed by atoms with Crippen molar-refractivity contribution < 1.29 is 13.2 Å². The molecule has 0 saturated carbocycles. The maximum atomic E-state index is 12.4. The van der Waals surface area contributed by atoms with Crippen LogP contribution in [-0.2, 0) is 21.2 Å². The quantitative estimate of drug-likeness (QED) is 0.862. The van der Waals surface area contributed by atoms with Gasteiger partial charge in [-0.3, -0.25) is 4.79 Å². The maximum absolute atomic E-state index is 12.4. The number of amides is 1. The van der Waals surface area contributed by atoms with Gasteiger partial charge in [0.1, 0.15) is 0 Å². The van der Waals surface area contributed by atoms with Crippen molar-refractivity contribution in [2.24, 2.45) is 0 Å². The highest BCUT2D eigenvalue weighted by atomic mass is 32.2. The minimum absolute atomic E-state index is 0.0980. The Balaban J connectivity index is 1.83. The van der Waals surface area contributed by atoms with Gasteiger partial charge in [-0.1, -0.05) is 0 Å². The van der Waals surface area contributed by atoms with Crippen molar-refractivity contribution in [3.8, 4) is 0 Å². The lowest BCUT2D eigenvalue weighted by Gasteiger charge is -2.15. The minimum atomic E-state index is -3.46. The summed E-state index contributed by atoms with van der Waals surface area (Å²) < 4.78 is 26.0. The zero-order valence-corrected chi connectivity index (χ0v) is 14.2. The predicted molar refractivity (Wildman–Crippen MR) is 92.1 cm³/mol. The van der Waals surface area contributed by atoms with E-state index in [-0.39, 0.29) is 10.8 Å². The van der Waals surface area contributed by atoms with E-state index in [0.29, 0.717) is 13.0 Å². The molecule has 0 aliphatic carbocycles. The van der Waals surface area contributed by atoms with Crippen molar-refractivity contribution in [2.45, 2.75) is 11.3 Å². The number of carbonyl (C=O) groups is 1. The Kier molecular flexibility index (Phi) is 4.34. The van der Waals surface area contributed by atoms with Crippen LogP contribution < -0.4 is 9.62 Å². The SMILES string of the molecule is CNS(=O)(=O)c1ccc2c(c1)CCN2C(=O)C=Cc1ccsc1. The van der Waals surface area contributed by atoms with E-state index in [1.807, 2.05) is 16.8 Å². The van der Waals surface area contributed by atoms with Crippen LogP contribution in [0, 0.1) is 0 Å². The molecule has 0 radical (unpaired) electrons. The smallest absolute Gasteiger partial charge is 0.251 e. The van der Waals surface area contributed by atoms with Gasteiger partial charge in [0.2, 0.25) is 10.0 Å². The molecule has 1 aliphatic rings. The third-order valence-electron chi connectivity index (χ3n) is 3.75. The summed E-state index contributed by atoms with van der Waals surface area (Å²) in [5.74, 6) is -0.0980. The first-order valence-corrected chi connectivity index (χ1v) is 9.52. The third-order valence-corrected chi connectivity index (χ3v) is 5.87. The number of hydrogen-bond acceptors (Lipinski definition) is 4. The molecule has 1 aliphatic heterocycles. The molecule has 0 atom stereocenters. The number of anilines is 1. The number of hydrogen-bond donors (Lipinski definition) is 1. The summed E-state index contributed by atoms with van der Waals surface area (Å²) in [5.41, 5.74) is 2.65. The van der Waals surface area contributed by atoms with Crippen molar-refractivity contribution in [1.29, 1.82) is 0 Å². The van der Waals surface area contributed by atoms with E-state index in [1.165, 1.54) is 13.1 Å². The molecule has 1 N–H and O–H groups in total. The second-order valence-electron chi connectivity index (χ2n) is 5.13. The Bertz CT molecular complexity index is 855. The number of nitrogens with one attached hydrogen (secondary N) is 1. The molecule has 5 nitrogen and oxygen atoms in total. The number of carbonyl (C=O) groups excluding carboxylic acids is 1. The highest BCUT2D eigenvalue weighted by molar-refractivity contribution is 7.89. The number of sulfonamides is 1. The number of fused-ring (bicyclic) bond motifs is 1. The lowest BCUT2D eigenvalue weighted by molar-refractivity contribution is -0.114. The maximum Gasteiger partial charge on any atom is 0.251 e. The van der Waals surface area contributed by atoms with Gasteiger partial charge in [-0.05, 0) is 65.7 Å². The summed E-state index contributed by atoms with van der Waals surface area (Å²) in [6, 6.07) is 6.81. The Hall–Kier alpha value is -1.96. The first-order chi connectivity index (χ1) is 11.0. The van der Waals surface area contributed by atoms with Gasteiger partial charge in [-0.25, -0.2) is 13.1 Å². The Morgan fingerprint density at radius 1 is 1.35 bits per heavy atom. The van der Waals surface area contributed by atoms with Crippen LogP contribution in [0.15, 0.2) is 46.0 Å². The summed E-state index contributed by atoms with van der Waals surface area (Å²) in [6.07, 6.45) is 3.99. The van der Waals surface area contributed by atoms with Crippen LogP contribution in [-0.4, -0.2) is 27.9 Å². The molecule has 1 aromatic heterocycles. The summed E-state index contributed by atoms with van der Waals surface area (Å²) in [5, 5.41) is 3.93. The lowest BCUT2D eigenvalue weighted by atomic mass is 10.2. The van der Waals surface area contributed by atoms with Gasteiger partial charge in [-0.2, -0.15) is 11.3 Å². The van der Waals surface area contributed by atoms with E-state index in [2.05, 4.69) is 4.72 Å². The van der Waals surface area contributed by atoms with E-state index in [0.717, 1.165) is 16.8 Å². The standard InChI is InChI=1S/C16H16N2O3S2/c1-17-23(20,21)14-3-4-15-13(10-14)6-8-18(15)16(19)5-2-12-7-9-22-11-12/h2-5,7,9-11,17H,6,8H2,1H3. The molecule has 3 rings (SSSR count). The summed E-state index contributed by atoms with van der Waals surface area (Å²) in [7, 11) is -2.08. The molecular formula is C16H16N2O3S2. The normalized spacial score (nSPS) is 14.4. The average molecular weight is 348 g/mol. The zero-order valence-electron chi connectivity index (χ0n) is 12.5. The average Bonchev–Trinajstić information content (AvgIpc) is 3.21. The van der Waals surface area contributed by atoms with Crippen LogP contribution in [0.25, 0.3) is 6.08 Å². The van der Waals surface area contributed by atoms with Crippen LogP contribution in [0.5, 0.6) is 0 Å². The van der Waals surface area contributed by atoms with Gasteiger partial charge in [0.05, 0.1) is 4.90 Å². The highest BCUT2D eigenvalue weighted by Gasteiger charge is 2.25. The molecule has 0 unspecified atom stereocenters. The molecule has 2 aromatic rings. The summed E-state index contributed by atoms with van der Waals surface area (Å²) >= 11 is 1.58. The number of rotatable bonds is 4. The Morgan fingerprint density at radius 2 is 2.17 bits per heavy atom. The van der Waals surface area contributed by atoms with E-state index in [4.69, 9.17) is 0 Å². The Morgan fingerprint density at radius 3 is 2.87 bits per heavy atom. The van der Waals surface area contributed by atoms with Gasteiger partial charge in [-0.15, -0.1) is 0 Å². The highest BCUT2D eigenvalue weighted by Crippen LogP contribution is 2.30. The van der Waals surface area contributed by atoms with Crippen molar-refractivity contribution in [2.75, 3.05) is 18.5 Å². The second kappa shape index (κ2) is 6.27. The number of thiophene rings is 1. The topological polar surface area (TPSA) is 66.5 Å². The molecule has 2 heterocycles. The van der Waals surface area contributed by atoms with Crippen LogP contribution in [0.4, 0.5) is 5.69 Å². The van der Waals surface area contributed by atoms with E-state index in [1.54, 1.807) is 40.5 Å². The minimum Gasteiger partial charge on any atom is -0.308 e. The van der Waals surface area contributed by atoms with Crippen LogP contribution in [0.2, 0.25) is 0 Å². The second-order valence-corrected chi connectivity index (χ2v) is 7.79. The van der Waals surface area contributed by atoms with Crippen molar-refractivity contribution in [1.82, 2.24) is 4.72 Å². The molecule has 120 valence electrons. The fourth-order valence-electron chi connectivity index (χ4n) is 2.52. The van der Waals surface area contributed by atoms with E-state index >= 15 is 0 Å². The van der Waals surface area contributed by atoms with Crippen LogP contribution >= 0.6 is 11.3 Å². The molecule has 1 aromatic carbocycles. The zero-order chi connectivity index (χ0) is 16.4. The largest absolute Gasteiger partial charge is 0.308 e. The van der Waals surface area contributed by atoms with Crippen molar-refractivity contribution in [3.63, 3.8) is 0 Å². The molecule has 0 fully saturated rings. The fraction of sp³-hybridized carbons (Fsp3) is 0.188.